The van der Waals surface area contributed by atoms with Crippen LogP contribution in [0.2, 0.25) is 10.0 Å². The number of benzene rings is 1. The van der Waals surface area contributed by atoms with E-state index in [0.717, 1.165) is 36.8 Å². The summed E-state index contributed by atoms with van der Waals surface area (Å²) < 4.78 is 1.68. The number of aryl methyl sites for hydroxylation is 1. The first-order valence-electron chi connectivity index (χ1n) is 6.97. The van der Waals surface area contributed by atoms with Crippen LogP contribution in [0.1, 0.15) is 29.8 Å². The fourth-order valence-corrected chi connectivity index (χ4v) is 3.52. The van der Waals surface area contributed by atoms with Crippen molar-refractivity contribution in [2.45, 2.75) is 19.3 Å². The number of aromatic carboxylic acids is 1. The Kier molecular flexibility index (Phi) is 3.76. The molecule has 1 aromatic heterocycles. The number of halogens is 2. The van der Waals surface area contributed by atoms with E-state index in [1.807, 2.05) is 6.07 Å². The second kappa shape index (κ2) is 5.43. The molecule has 0 atom stereocenters. The van der Waals surface area contributed by atoms with Crippen molar-refractivity contribution in [3.8, 4) is 0 Å². The number of fused-ring (bicyclic) bond motifs is 1. The van der Waals surface area contributed by atoms with Crippen molar-refractivity contribution in [1.82, 2.24) is 4.57 Å². The summed E-state index contributed by atoms with van der Waals surface area (Å²) in [6.07, 6.45) is 3.30. The van der Waals surface area contributed by atoms with Crippen LogP contribution < -0.4 is 4.90 Å². The first-order chi connectivity index (χ1) is 10.0. The lowest BCUT2D eigenvalue weighted by Gasteiger charge is -2.29. The Morgan fingerprint density at radius 3 is 2.48 bits per heavy atom. The number of aromatic nitrogens is 1. The van der Waals surface area contributed by atoms with Crippen LogP contribution in [-0.4, -0.2) is 28.7 Å². The molecule has 0 saturated carbocycles. The van der Waals surface area contributed by atoms with Crippen LogP contribution in [0.3, 0.4) is 0 Å². The van der Waals surface area contributed by atoms with Crippen LogP contribution in [0.5, 0.6) is 0 Å². The van der Waals surface area contributed by atoms with Crippen molar-refractivity contribution >= 4 is 45.8 Å². The minimum Gasteiger partial charge on any atom is -0.477 e. The van der Waals surface area contributed by atoms with Crippen LogP contribution in [0.15, 0.2) is 12.1 Å². The average molecular weight is 327 g/mol. The molecule has 3 rings (SSSR count). The Hall–Kier alpha value is -1.39. The number of carboxylic acids is 1. The Balaban J connectivity index is 2.35. The molecule has 21 heavy (non-hydrogen) atoms. The van der Waals surface area contributed by atoms with Gasteiger partial charge in [0.05, 0.1) is 21.2 Å². The molecule has 6 heteroatoms. The molecular formula is C15H16Cl2N2O2. The van der Waals surface area contributed by atoms with E-state index in [0.29, 0.717) is 15.7 Å². The standard InChI is InChI=1S/C15H16Cl2N2O2/c1-18-10-6-5-9(16)12(17)11(10)13(14(18)15(20)21)19-7-3-2-4-8-19/h5-6H,2-4,7-8H2,1H3,(H,20,21). The van der Waals surface area contributed by atoms with Gasteiger partial charge in [0.25, 0.3) is 0 Å². The lowest BCUT2D eigenvalue weighted by Crippen LogP contribution is -2.30. The Bertz CT molecular complexity index is 718. The van der Waals surface area contributed by atoms with Gasteiger partial charge in [-0.15, -0.1) is 0 Å². The quantitative estimate of drug-likeness (QED) is 0.900. The number of piperidine rings is 1. The fourth-order valence-electron chi connectivity index (χ4n) is 3.11. The van der Waals surface area contributed by atoms with Crippen LogP contribution in [-0.2, 0) is 7.05 Å². The maximum absolute atomic E-state index is 11.7. The first-order valence-corrected chi connectivity index (χ1v) is 7.72. The maximum Gasteiger partial charge on any atom is 0.354 e. The zero-order chi connectivity index (χ0) is 15.1. The van der Waals surface area contributed by atoms with E-state index >= 15 is 0 Å². The molecule has 1 aliphatic heterocycles. The van der Waals surface area contributed by atoms with Gasteiger partial charge < -0.3 is 14.6 Å². The summed E-state index contributed by atoms with van der Waals surface area (Å²) in [4.78, 5) is 13.9. The van der Waals surface area contributed by atoms with Gasteiger partial charge in [-0.25, -0.2) is 4.79 Å². The number of anilines is 1. The van der Waals surface area contributed by atoms with Gasteiger partial charge in [-0.05, 0) is 31.4 Å². The number of hydrogen-bond donors (Lipinski definition) is 1. The molecule has 1 fully saturated rings. The minimum atomic E-state index is -0.943. The van der Waals surface area contributed by atoms with Gasteiger partial charge in [0.2, 0.25) is 0 Å². The first kappa shape index (κ1) is 14.5. The van der Waals surface area contributed by atoms with Gasteiger partial charge >= 0.3 is 5.97 Å². The zero-order valence-electron chi connectivity index (χ0n) is 11.7. The van der Waals surface area contributed by atoms with Gasteiger partial charge in [-0.1, -0.05) is 23.2 Å². The summed E-state index contributed by atoms with van der Waals surface area (Å²) in [6, 6.07) is 3.53. The summed E-state index contributed by atoms with van der Waals surface area (Å²) >= 11 is 12.5. The second-order valence-corrected chi connectivity index (χ2v) is 6.15. The molecule has 0 unspecified atom stereocenters. The highest BCUT2D eigenvalue weighted by Gasteiger charge is 2.27. The summed E-state index contributed by atoms with van der Waals surface area (Å²) in [5, 5.41) is 11.2. The molecular weight excluding hydrogens is 311 g/mol. The number of carboxylic acid groups (broad SMARTS) is 1. The number of nitrogens with zero attached hydrogens (tertiary/aromatic N) is 2. The number of hydrogen-bond acceptors (Lipinski definition) is 2. The van der Waals surface area contributed by atoms with E-state index in [2.05, 4.69) is 4.90 Å². The summed E-state index contributed by atoms with van der Waals surface area (Å²) in [5.74, 6) is -0.943. The highest BCUT2D eigenvalue weighted by atomic mass is 35.5. The summed E-state index contributed by atoms with van der Waals surface area (Å²) in [7, 11) is 1.75. The molecule has 0 amide bonds. The largest absolute Gasteiger partial charge is 0.477 e. The predicted octanol–water partition coefficient (Wildman–Crippen LogP) is 4.17. The monoisotopic (exact) mass is 326 g/mol. The summed E-state index contributed by atoms with van der Waals surface area (Å²) in [5.41, 5.74) is 1.77. The van der Waals surface area contributed by atoms with Crippen molar-refractivity contribution < 1.29 is 9.90 Å². The van der Waals surface area contributed by atoms with Gasteiger partial charge in [0.15, 0.2) is 5.69 Å². The van der Waals surface area contributed by atoms with Crippen molar-refractivity contribution in [2.75, 3.05) is 18.0 Å². The molecule has 112 valence electrons. The van der Waals surface area contributed by atoms with Crippen molar-refractivity contribution in [2.24, 2.45) is 7.05 Å². The second-order valence-electron chi connectivity index (χ2n) is 5.36. The van der Waals surface area contributed by atoms with Crippen molar-refractivity contribution in [3.63, 3.8) is 0 Å². The smallest absolute Gasteiger partial charge is 0.354 e. The van der Waals surface area contributed by atoms with Gasteiger partial charge in [0, 0.05) is 25.5 Å². The number of rotatable bonds is 2. The Morgan fingerprint density at radius 1 is 1.19 bits per heavy atom. The molecule has 1 aromatic carbocycles. The Morgan fingerprint density at radius 2 is 1.86 bits per heavy atom. The molecule has 0 radical (unpaired) electrons. The highest BCUT2D eigenvalue weighted by molar-refractivity contribution is 6.46. The van der Waals surface area contributed by atoms with E-state index < -0.39 is 5.97 Å². The van der Waals surface area contributed by atoms with Crippen LogP contribution >= 0.6 is 23.2 Å². The van der Waals surface area contributed by atoms with E-state index in [-0.39, 0.29) is 5.69 Å². The lowest BCUT2D eigenvalue weighted by atomic mass is 10.1. The van der Waals surface area contributed by atoms with Crippen LogP contribution in [0, 0.1) is 0 Å². The number of carbonyl (C=O) groups is 1. The molecule has 4 nitrogen and oxygen atoms in total. The van der Waals surface area contributed by atoms with E-state index in [4.69, 9.17) is 23.2 Å². The van der Waals surface area contributed by atoms with Gasteiger partial charge in [-0.3, -0.25) is 0 Å². The van der Waals surface area contributed by atoms with E-state index in [1.54, 1.807) is 17.7 Å². The minimum absolute atomic E-state index is 0.274. The average Bonchev–Trinajstić information content (AvgIpc) is 2.78. The molecule has 2 aromatic rings. The van der Waals surface area contributed by atoms with Crippen molar-refractivity contribution in [1.29, 1.82) is 0 Å². The van der Waals surface area contributed by atoms with Gasteiger partial charge in [0.1, 0.15) is 0 Å². The third-order valence-electron chi connectivity index (χ3n) is 4.11. The summed E-state index contributed by atoms with van der Waals surface area (Å²) in [6.45, 7) is 1.70. The van der Waals surface area contributed by atoms with Crippen molar-refractivity contribution in [3.05, 3.63) is 27.9 Å². The zero-order valence-corrected chi connectivity index (χ0v) is 13.2. The Labute approximate surface area is 132 Å². The van der Waals surface area contributed by atoms with E-state index in [1.165, 1.54) is 6.42 Å². The van der Waals surface area contributed by atoms with E-state index in [9.17, 15) is 9.90 Å². The third kappa shape index (κ3) is 2.27. The molecule has 1 saturated heterocycles. The van der Waals surface area contributed by atoms with Crippen LogP contribution in [0.4, 0.5) is 5.69 Å². The molecule has 0 bridgehead atoms. The lowest BCUT2D eigenvalue weighted by molar-refractivity contribution is 0.0687. The van der Waals surface area contributed by atoms with Crippen LogP contribution in [0.25, 0.3) is 10.9 Å². The molecule has 1 aliphatic rings. The normalized spacial score (nSPS) is 15.7. The molecule has 0 aliphatic carbocycles. The van der Waals surface area contributed by atoms with Gasteiger partial charge in [-0.2, -0.15) is 0 Å². The molecule has 0 spiro atoms. The third-order valence-corrected chi connectivity index (χ3v) is 4.91. The maximum atomic E-state index is 11.7. The SMILES string of the molecule is Cn1c(C(=O)O)c(N2CCCCC2)c2c(Cl)c(Cl)ccc21. The molecule has 1 N–H and O–H groups in total. The molecule has 2 heterocycles. The topological polar surface area (TPSA) is 45.5 Å². The fraction of sp³-hybridized carbons (Fsp3) is 0.400. The highest BCUT2D eigenvalue weighted by Crippen LogP contribution is 2.41. The predicted molar refractivity (Wildman–Crippen MR) is 86.0 cm³/mol.